The second kappa shape index (κ2) is 8.71. The molecule has 3 aromatic rings. The molecule has 0 radical (unpaired) electrons. The van der Waals surface area contributed by atoms with Crippen LogP contribution in [0.2, 0.25) is 0 Å². The van der Waals surface area contributed by atoms with E-state index in [9.17, 15) is 4.79 Å². The molecule has 0 atom stereocenters. The van der Waals surface area contributed by atoms with Gasteiger partial charge in [-0.1, -0.05) is 0 Å². The number of piperidine rings is 1. The van der Waals surface area contributed by atoms with E-state index in [0.717, 1.165) is 61.4 Å². The van der Waals surface area contributed by atoms with Gasteiger partial charge in [-0.25, -0.2) is 14.6 Å². The van der Waals surface area contributed by atoms with Crippen molar-refractivity contribution in [2.45, 2.75) is 18.9 Å². The molecule has 2 aliphatic heterocycles. The number of fused-ring (bicyclic) bond motifs is 1. The van der Waals surface area contributed by atoms with Crippen molar-refractivity contribution in [2.24, 2.45) is 0 Å². The highest BCUT2D eigenvalue weighted by Gasteiger charge is 2.26. The number of nitrogen functional groups attached to an aromatic ring is 1. The minimum atomic E-state index is -0.788. The van der Waals surface area contributed by atoms with E-state index in [1.807, 2.05) is 40.0 Å². The third-order valence-corrected chi connectivity index (χ3v) is 6.17. The molecule has 2 fully saturated rings. The summed E-state index contributed by atoms with van der Waals surface area (Å²) in [5.41, 5.74) is 8.28. The Bertz CT molecular complexity index is 1100. The van der Waals surface area contributed by atoms with E-state index in [-0.39, 0.29) is 12.6 Å². The van der Waals surface area contributed by atoms with Crippen molar-refractivity contribution in [3.05, 3.63) is 30.5 Å². The first-order valence-electron chi connectivity index (χ1n) is 11.0. The number of aliphatic carboxylic acids is 1. The number of rotatable bonds is 5. The van der Waals surface area contributed by atoms with E-state index in [4.69, 9.17) is 30.6 Å². The van der Waals surface area contributed by atoms with Gasteiger partial charge >= 0.3 is 5.97 Å². The molecule has 0 spiro atoms. The summed E-state index contributed by atoms with van der Waals surface area (Å²) in [6.07, 6.45) is 3.52. The molecule has 0 saturated carbocycles. The van der Waals surface area contributed by atoms with Gasteiger partial charge in [-0.05, 0) is 37.1 Å². The molecular formula is C22H27N7O3. The van der Waals surface area contributed by atoms with Crippen molar-refractivity contribution < 1.29 is 14.6 Å². The summed E-state index contributed by atoms with van der Waals surface area (Å²) in [5.74, 6) is 0.729. The van der Waals surface area contributed by atoms with Crippen LogP contribution in [0, 0.1) is 0 Å². The zero-order chi connectivity index (χ0) is 22.1. The van der Waals surface area contributed by atoms with Crippen LogP contribution in [0.3, 0.4) is 0 Å². The molecule has 32 heavy (non-hydrogen) atoms. The maximum Gasteiger partial charge on any atom is 0.317 e. The lowest BCUT2D eigenvalue weighted by atomic mass is 10.1. The van der Waals surface area contributed by atoms with E-state index in [1.54, 1.807) is 0 Å². The molecule has 10 nitrogen and oxygen atoms in total. The van der Waals surface area contributed by atoms with Gasteiger partial charge in [-0.2, -0.15) is 5.10 Å². The van der Waals surface area contributed by atoms with E-state index in [2.05, 4.69) is 4.90 Å². The van der Waals surface area contributed by atoms with E-state index < -0.39 is 5.97 Å². The maximum absolute atomic E-state index is 11.0. The molecule has 0 amide bonds. The number of nitrogens with two attached hydrogens (primary N) is 1. The lowest BCUT2D eigenvalue weighted by molar-refractivity contribution is -0.138. The van der Waals surface area contributed by atoms with Crippen molar-refractivity contribution in [3.8, 4) is 11.4 Å². The van der Waals surface area contributed by atoms with Gasteiger partial charge in [0.05, 0.1) is 37.4 Å². The van der Waals surface area contributed by atoms with E-state index >= 15 is 0 Å². The Balaban J connectivity index is 1.53. The fourth-order valence-electron chi connectivity index (χ4n) is 4.47. The van der Waals surface area contributed by atoms with E-state index in [0.29, 0.717) is 24.7 Å². The average molecular weight is 438 g/mol. The first-order chi connectivity index (χ1) is 15.6. The predicted molar refractivity (Wildman–Crippen MR) is 121 cm³/mol. The zero-order valence-corrected chi connectivity index (χ0v) is 17.9. The molecule has 5 rings (SSSR count). The minimum absolute atomic E-state index is 0.0806. The quantitative estimate of drug-likeness (QED) is 0.573. The summed E-state index contributed by atoms with van der Waals surface area (Å²) >= 11 is 0. The number of nitrogens with zero attached hydrogens (tertiary/aromatic N) is 6. The fraction of sp³-hybridized carbons (Fsp3) is 0.455. The van der Waals surface area contributed by atoms with Crippen LogP contribution < -0.4 is 10.6 Å². The Hall–Kier alpha value is -3.24. The van der Waals surface area contributed by atoms with E-state index in [1.165, 1.54) is 0 Å². The highest BCUT2D eigenvalue weighted by Crippen LogP contribution is 2.32. The predicted octanol–water partition coefficient (Wildman–Crippen LogP) is 1.63. The third kappa shape index (κ3) is 4.11. The molecule has 0 unspecified atom stereocenters. The van der Waals surface area contributed by atoms with Gasteiger partial charge in [0.2, 0.25) is 0 Å². The van der Waals surface area contributed by atoms with Gasteiger partial charge in [0.25, 0.3) is 0 Å². The fourth-order valence-corrected chi connectivity index (χ4v) is 4.47. The Morgan fingerprint density at radius 3 is 2.50 bits per heavy atom. The molecule has 4 heterocycles. The van der Waals surface area contributed by atoms with Crippen LogP contribution >= 0.6 is 0 Å². The third-order valence-electron chi connectivity index (χ3n) is 6.17. The second-order valence-electron chi connectivity index (χ2n) is 8.32. The number of morpholine rings is 1. The topological polar surface area (TPSA) is 123 Å². The number of hydrogen-bond acceptors (Lipinski definition) is 8. The van der Waals surface area contributed by atoms with Crippen LogP contribution in [0.15, 0.2) is 30.5 Å². The number of ether oxygens (including phenoxy) is 1. The summed E-state index contributed by atoms with van der Waals surface area (Å²) in [7, 11) is 0. The Morgan fingerprint density at radius 1 is 1.09 bits per heavy atom. The Morgan fingerprint density at radius 2 is 1.81 bits per heavy atom. The molecular weight excluding hydrogens is 410 g/mol. The number of aromatic nitrogens is 4. The van der Waals surface area contributed by atoms with Crippen molar-refractivity contribution >= 4 is 28.5 Å². The molecule has 10 heteroatoms. The second-order valence-corrected chi connectivity index (χ2v) is 8.32. The van der Waals surface area contributed by atoms with Crippen molar-refractivity contribution in [1.82, 2.24) is 24.6 Å². The lowest BCUT2D eigenvalue weighted by Gasteiger charge is -2.31. The molecule has 1 aromatic carbocycles. The molecule has 3 N–H and O–H groups in total. The minimum Gasteiger partial charge on any atom is -0.480 e. The summed E-state index contributed by atoms with van der Waals surface area (Å²) in [4.78, 5) is 25.1. The number of benzene rings is 1. The zero-order valence-electron chi connectivity index (χ0n) is 17.9. The number of carbonyl (C=O) groups is 1. The summed E-state index contributed by atoms with van der Waals surface area (Å²) in [5, 5.41) is 14.7. The summed E-state index contributed by atoms with van der Waals surface area (Å²) in [6.45, 7) is 4.40. The summed E-state index contributed by atoms with van der Waals surface area (Å²) in [6, 6.07) is 7.75. The summed E-state index contributed by atoms with van der Waals surface area (Å²) < 4.78 is 7.53. The monoisotopic (exact) mass is 437 g/mol. The standard InChI is InChI=1S/C22H27N7O3/c23-16-3-1-15(2-4-16)20-25-21(28-9-11-32-12-10-28)18-13-24-29(22(18)26-20)17-5-7-27(8-6-17)14-19(30)31/h1-4,13,17H,5-12,14,23H2,(H,30,31). The number of carboxylic acid groups (broad SMARTS) is 1. The van der Waals surface area contributed by atoms with Crippen LogP contribution in [0.5, 0.6) is 0 Å². The largest absolute Gasteiger partial charge is 0.480 e. The van der Waals surface area contributed by atoms with Gasteiger partial charge in [0, 0.05) is 37.4 Å². The van der Waals surface area contributed by atoms with Gasteiger partial charge in [0.1, 0.15) is 5.82 Å². The van der Waals surface area contributed by atoms with Gasteiger partial charge in [-0.15, -0.1) is 0 Å². The smallest absolute Gasteiger partial charge is 0.317 e. The number of likely N-dealkylation sites (tertiary alicyclic amines) is 1. The van der Waals surface area contributed by atoms with Crippen molar-refractivity contribution in [2.75, 3.05) is 56.6 Å². The normalized spacial score (nSPS) is 18.3. The first kappa shape index (κ1) is 20.7. The highest BCUT2D eigenvalue weighted by molar-refractivity contribution is 5.89. The molecule has 168 valence electrons. The maximum atomic E-state index is 11.0. The van der Waals surface area contributed by atoms with Crippen LogP contribution in [0.25, 0.3) is 22.4 Å². The lowest BCUT2D eigenvalue weighted by Crippen LogP contribution is -2.38. The molecule has 2 saturated heterocycles. The highest BCUT2D eigenvalue weighted by atomic mass is 16.5. The Kier molecular flexibility index (Phi) is 5.62. The van der Waals surface area contributed by atoms with Gasteiger partial charge in [-0.3, -0.25) is 9.69 Å². The Labute approximate surface area is 185 Å². The van der Waals surface area contributed by atoms with Gasteiger partial charge < -0.3 is 20.5 Å². The number of anilines is 2. The average Bonchev–Trinajstić information content (AvgIpc) is 3.24. The molecule has 0 aliphatic carbocycles. The van der Waals surface area contributed by atoms with Crippen molar-refractivity contribution in [3.63, 3.8) is 0 Å². The van der Waals surface area contributed by atoms with Crippen LogP contribution in [0.4, 0.5) is 11.5 Å². The molecule has 2 aromatic heterocycles. The molecule has 0 bridgehead atoms. The molecule has 2 aliphatic rings. The van der Waals surface area contributed by atoms with Crippen molar-refractivity contribution in [1.29, 1.82) is 0 Å². The SMILES string of the molecule is Nc1ccc(-c2nc(N3CCOCC3)c3cnn(C4CCN(CC(=O)O)CC4)c3n2)cc1. The van der Waals surface area contributed by atoms with Gasteiger partial charge in [0.15, 0.2) is 11.5 Å². The first-order valence-corrected chi connectivity index (χ1v) is 11.0. The van der Waals surface area contributed by atoms with Crippen LogP contribution in [-0.4, -0.2) is 81.7 Å². The van der Waals surface area contributed by atoms with Crippen LogP contribution in [0.1, 0.15) is 18.9 Å². The van der Waals surface area contributed by atoms with Crippen LogP contribution in [-0.2, 0) is 9.53 Å². The number of hydrogen-bond donors (Lipinski definition) is 2. The number of carboxylic acids is 1.